The van der Waals surface area contributed by atoms with Gasteiger partial charge in [-0.2, -0.15) is 0 Å². The summed E-state index contributed by atoms with van der Waals surface area (Å²) in [5, 5.41) is 5.92. The van der Waals surface area contributed by atoms with Gasteiger partial charge in [-0.1, -0.05) is 13.3 Å². The lowest BCUT2D eigenvalue weighted by molar-refractivity contribution is 0.304. The predicted molar refractivity (Wildman–Crippen MR) is 59.5 cm³/mol. The normalized spacial score (nSPS) is 18.2. The van der Waals surface area contributed by atoms with Gasteiger partial charge in [0.2, 0.25) is 5.82 Å². The molecule has 1 aromatic rings. The minimum absolute atomic E-state index is 0.223. The van der Waals surface area contributed by atoms with Crippen LogP contribution in [0.2, 0.25) is 0 Å². The van der Waals surface area contributed by atoms with Gasteiger partial charge in [0.15, 0.2) is 0 Å². The van der Waals surface area contributed by atoms with E-state index in [9.17, 15) is 9.59 Å². The van der Waals surface area contributed by atoms with E-state index in [0.717, 1.165) is 12.8 Å². The van der Waals surface area contributed by atoms with Crippen LogP contribution in [0.25, 0.3) is 0 Å². The van der Waals surface area contributed by atoms with E-state index in [1.54, 1.807) is 4.90 Å². The molecule has 1 aliphatic heterocycles. The molecule has 16 heavy (non-hydrogen) atoms. The molecular formula is C9H15N5O2. The molecule has 2 heterocycles. The topological polar surface area (TPSA) is 108 Å². The highest BCUT2D eigenvalue weighted by Gasteiger charge is 2.40. The van der Waals surface area contributed by atoms with Crippen LogP contribution in [0.1, 0.15) is 19.8 Å². The fraction of sp³-hybridized carbons (Fsp3) is 0.667. The van der Waals surface area contributed by atoms with Gasteiger partial charge >= 0.3 is 5.69 Å². The minimum atomic E-state index is -0.596. The van der Waals surface area contributed by atoms with Crippen LogP contribution >= 0.6 is 0 Å². The second kappa shape index (κ2) is 3.75. The van der Waals surface area contributed by atoms with Crippen molar-refractivity contribution in [3.8, 4) is 0 Å². The van der Waals surface area contributed by atoms with E-state index in [1.165, 1.54) is 0 Å². The number of hydrogen-bond acceptors (Lipinski definition) is 5. The SMILES string of the molecule is CCCC1(N)CN(c2n[nH]c(=O)[nH]c2=O)C1. The number of aromatic nitrogens is 3. The molecule has 0 aromatic carbocycles. The van der Waals surface area contributed by atoms with Gasteiger partial charge in [0.1, 0.15) is 0 Å². The Labute approximate surface area is 91.7 Å². The summed E-state index contributed by atoms with van der Waals surface area (Å²) in [6.07, 6.45) is 1.94. The van der Waals surface area contributed by atoms with Crippen LogP contribution in [0.4, 0.5) is 5.82 Å². The van der Waals surface area contributed by atoms with Gasteiger partial charge in [-0.3, -0.25) is 9.78 Å². The molecule has 1 saturated heterocycles. The lowest BCUT2D eigenvalue weighted by Crippen LogP contribution is -2.68. The zero-order valence-corrected chi connectivity index (χ0v) is 9.12. The Balaban J connectivity index is 2.12. The van der Waals surface area contributed by atoms with Crippen LogP contribution in [0.3, 0.4) is 0 Å². The fourth-order valence-corrected chi connectivity index (χ4v) is 2.08. The van der Waals surface area contributed by atoms with Crippen LogP contribution in [-0.4, -0.2) is 33.8 Å². The molecule has 0 radical (unpaired) electrons. The molecule has 0 unspecified atom stereocenters. The Bertz CT molecular complexity index is 485. The van der Waals surface area contributed by atoms with Crippen molar-refractivity contribution in [3.63, 3.8) is 0 Å². The molecule has 1 aliphatic rings. The Kier molecular flexibility index (Phi) is 2.55. The van der Waals surface area contributed by atoms with E-state index in [0.29, 0.717) is 13.1 Å². The molecule has 0 saturated carbocycles. The molecule has 4 N–H and O–H groups in total. The minimum Gasteiger partial charge on any atom is -0.347 e. The third-order valence-electron chi connectivity index (χ3n) is 2.75. The third kappa shape index (κ3) is 1.85. The van der Waals surface area contributed by atoms with Gasteiger partial charge in [0, 0.05) is 13.1 Å². The number of nitrogens with one attached hydrogen (secondary N) is 2. The number of hydrogen-bond donors (Lipinski definition) is 3. The van der Waals surface area contributed by atoms with Gasteiger partial charge in [-0.15, -0.1) is 5.10 Å². The summed E-state index contributed by atoms with van der Waals surface area (Å²) in [6.45, 7) is 3.27. The van der Waals surface area contributed by atoms with Gasteiger partial charge in [0.05, 0.1) is 5.54 Å². The number of nitrogens with two attached hydrogens (primary N) is 1. The van der Waals surface area contributed by atoms with Crippen molar-refractivity contribution in [2.24, 2.45) is 5.73 Å². The molecule has 0 atom stereocenters. The van der Waals surface area contributed by atoms with E-state index in [1.807, 2.05) is 0 Å². The van der Waals surface area contributed by atoms with Gasteiger partial charge in [0.25, 0.3) is 5.56 Å². The highest BCUT2D eigenvalue weighted by atomic mass is 16.2. The Morgan fingerprint density at radius 2 is 2.19 bits per heavy atom. The Hall–Kier alpha value is -1.63. The fourth-order valence-electron chi connectivity index (χ4n) is 2.08. The highest BCUT2D eigenvalue weighted by Crippen LogP contribution is 2.25. The number of rotatable bonds is 3. The van der Waals surface area contributed by atoms with E-state index in [2.05, 4.69) is 22.1 Å². The van der Waals surface area contributed by atoms with Gasteiger partial charge in [-0.05, 0) is 6.42 Å². The first-order valence-electron chi connectivity index (χ1n) is 5.27. The Morgan fingerprint density at radius 3 is 2.75 bits per heavy atom. The summed E-state index contributed by atoms with van der Waals surface area (Å²) in [5.41, 5.74) is 4.78. The van der Waals surface area contributed by atoms with E-state index < -0.39 is 11.2 Å². The smallest absolute Gasteiger partial charge is 0.342 e. The van der Waals surface area contributed by atoms with Crippen LogP contribution in [0.5, 0.6) is 0 Å². The summed E-state index contributed by atoms with van der Waals surface area (Å²) >= 11 is 0. The first-order valence-corrected chi connectivity index (χ1v) is 5.27. The van der Waals surface area contributed by atoms with Crippen LogP contribution in [-0.2, 0) is 0 Å². The molecule has 7 heteroatoms. The Morgan fingerprint density at radius 1 is 1.50 bits per heavy atom. The number of aromatic amines is 2. The summed E-state index contributed by atoms with van der Waals surface area (Å²) < 4.78 is 0. The maximum absolute atomic E-state index is 11.4. The zero-order valence-electron chi connectivity index (χ0n) is 9.12. The largest absolute Gasteiger partial charge is 0.347 e. The molecular weight excluding hydrogens is 210 g/mol. The highest BCUT2D eigenvalue weighted by molar-refractivity contribution is 5.41. The number of anilines is 1. The van der Waals surface area contributed by atoms with Crippen molar-refractivity contribution in [2.45, 2.75) is 25.3 Å². The number of nitrogens with zero attached hydrogens (tertiary/aromatic N) is 2. The molecule has 0 spiro atoms. The third-order valence-corrected chi connectivity index (χ3v) is 2.75. The maximum atomic E-state index is 11.4. The number of H-pyrrole nitrogens is 2. The second-order valence-electron chi connectivity index (χ2n) is 4.30. The first kappa shape index (κ1) is 10.9. The van der Waals surface area contributed by atoms with E-state index in [-0.39, 0.29) is 11.4 Å². The van der Waals surface area contributed by atoms with E-state index in [4.69, 9.17) is 5.73 Å². The monoisotopic (exact) mass is 225 g/mol. The maximum Gasteiger partial charge on any atom is 0.342 e. The molecule has 7 nitrogen and oxygen atoms in total. The van der Waals surface area contributed by atoms with Crippen molar-refractivity contribution in [3.05, 3.63) is 20.8 Å². The van der Waals surface area contributed by atoms with Gasteiger partial charge in [-0.25, -0.2) is 9.89 Å². The average molecular weight is 225 g/mol. The molecule has 1 aromatic heterocycles. The van der Waals surface area contributed by atoms with Crippen molar-refractivity contribution in [1.82, 2.24) is 15.2 Å². The molecule has 88 valence electrons. The first-order chi connectivity index (χ1) is 7.54. The average Bonchev–Trinajstić information content (AvgIpc) is 2.14. The molecule has 0 bridgehead atoms. The predicted octanol–water partition coefficient (Wildman–Crippen LogP) is -1.22. The van der Waals surface area contributed by atoms with E-state index >= 15 is 0 Å². The van der Waals surface area contributed by atoms with Crippen molar-refractivity contribution < 1.29 is 0 Å². The van der Waals surface area contributed by atoms with Gasteiger partial charge < -0.3 is 10.6 Å². The molecule has 1 fully saturated rings. The molecule has 2 rings (SSSR count). The zero-order chi connectivity index (χ0) is 11.8. The quantitative estimate of drug-likeness (QED) is 0.597. The molecule has 0 amide bonds. The van der Waals surface area contributed by atoms with Crippen LogP contribution in [0, 0.1) is 0 Å². The lowest BCUT2D eigenvalue weighted by atomic mass is 9.86. The molecule has 0 aliphatic carbocycles. The summed E-state index contributed by atoms with van der Waals surface area (Å²) in [7, 11) is 0. The summed E-state index contributed by atoms with van der Waals surface area (Å²) in [4.78, 5) is 26.1. The van der Waals surface area contributed by atoms with Crippen molar-refractivity contribution >= 4 is 5.82 Å². The summed E-state index contributed by atoms with van der Waals surface area (Å²) in [5.74, 6) is 0.233. The standard InChI is InChI=1S/C9H15N5O2/c1-2-3-9(10)4-14(5-9)6-7(15)11-8(16)13-12-6/h2-5,10H2,1H3,(H2,11,13,15,16). The second-order valence-corrected chi connectivity index (χ2v) is 4.30. The van der Waals surface area contributed by atoms with Crippen molar-refractivity contribution in [2.75, 3.05) is 18.0 Å². The van der Waals surface area contributed by atoms with Crippen molar-refractivity contribution in [1.29, 1.82) is 0 Å². The van der Waals surface area contributed by atoms with Crippen LogP contribution in [0.15, 0.2) is 9.59 Å². The summed E-state index contributed by atoms with van der Waals surface area (Å²) in [6, 6.07) is 0. The lowest BCUT2D eigenvalue weighted by Gasteiger charge is -2.47. The van der Waals surface area contributed by atoms with Crippen LogP contribution < -0.4 is 21.9 Å².